The predicted octanol–water partition coefficient (Wildman–Crippen LogP) is 4.98. The Morgan fingerprint density at radius 2 is 1.92 bits per heavy atom. The fourth-order valence-corrected chi connectivity index (χ4v) is 5.39. The van der Waals surface area contributed by atoms with E-state index in [-0.39, 0.29) is 35.4 Å². The summed E-state index contributed by atoms with van der Waals surface area (Å²) in [5.41, 5.74) is 3.20. The number of nitrogens with one attached hydrogen (secondary N) is 3. The molecule has 2 heterocycles. The number of aryl methyl sites for hydroxylation is 2. The molecule has 8 nitrogen and oxygen atoms in total. The summed E-state index contributed by atoms with van der Waals surface area (Å²) in [5.74, 6) is 0.654. The van der Waals surface area contributed by atoms with Crippen LogP contribution in [0, 0.1) is 31.5 Å². The van der Waals surface area contributed by atoms with E-state index in [0.29, 0.717) is 58.2 Å². The number of ether oxygens (including phenoxy) is 1. The minimum Gasteiger partial charge on any atom is -0.492 e. The summed E-state index contributed by atoms with van der Waals surface area (Å²) in [7, 11) is 0. The van der Waals surface area contributed by atoms with Crippen molar-refractivity contribution in [2.45, 2.75) is 78.3 Å². The molecule has 2 fully saturated rings. The number of hydrogen-bond acceptors (Lipinski definition) is 5. The smallest absolute Gasteiger partial charge is 0.255 e. The quantitative estimate of drug-likeness (QED) is 0.387. The summed E-state index contributed by atoms with van der Waals surface area (Å²) in [6.07, 6.45) is 6.46. The van der Waals surface area contributed by atoms with Gasteiger partial charge in [-0.05, 0) is 69.4 Å². The lowest BCUT2D eigenvalue weighted by Gasteiger charge is -2.35. The van der Waals surface area contributed by atoms with Crippen molar-refractivity contribution < 1.29 is 18.7 Å². The highest BCUT2D eigenvalue weighted by atomic mass is 19.1. The summed E-state index contributed by atoms with van der Waals surface area (Å²) in [4.78, 5) is 37.4. The van der Waals surface area contributed by atoms with Crippen LogP contribution in [0.4, 0.5) is 4.39 Å². The molecule has 2 aliphatic carbocycles. The Morgan fingerprint density at radius 3 is 2.63 bits per heavy atom. The van der Waals surface area contributed by atoms with Crippen LogP contribution >= 0.6 is 0 Å². The first kappa shape index (κ1) is 26.1. The number of nitrogens with zero attached hydrogens (tertiary/aromatic N) is 2. The molecule has 0 saturated heterocycles. The summed E-state index contributed by atoms with van der Waals surface area (Å²) in [5, 5.41) is 6.26. The zero-order valence-electron chi connectivity index (χ0n) is 22.5. The number of rotatable bonds is 8. The second-order valence-electron chi connectivity index (χ2n) is 10.9. The third-order valence-corrected chi connectivity index (χ3v) is 7.88. The van der Waals surface area contributed by atoms with Crippen LogP contribution in [0.1, 0.15) is 74.0 Å². The summed E-state index contributed by atoms with van der Waals surface area (Å²) in [6.45, 7) is 8.03. The van der Waals surface area contributed by atoms with E-state index in [0.717, 1.165) is 32.1 Å². The van der Waals surface area contributed by atoms with Crippen LogP contribution in [0.25, 0.3) is 22.3 Å². The minimum absolute atomic E-state index is 0.00502. The van der Waals surface area contributed by atoms with E-state index < -0.39 is 5.82 Å². The zero-order valence-corrected chi connectivity index (χ0v) is 22.5. The average Bonchev–Trinajstić information content (AvgIpc) is 3.66. The van der Waals surface area contributed by atoms with E-state index in [1.807, 2.05) is 13.8 Å². The van der Waals surface area contributed by atoms with Crippen LogP contribution in [0.15, 0.2) is 18.5 Å². The Kier molecular flexibility index (Phi) is 7.36. The van der Waals surface area contributed by atoms with Crippen molar-refractivity contribution >= 4 is 22.8 Å². The van der Waals surface area contributed by atoms with Crippen LogP contribution in [-0.2, 0) is 4.79 Å². The molecule has 3 unspecified atom stereocenters. The van der Waals surface area contributed by atoms with E-state index in [1.54, 1.807) is 19.1 Å². The molecule has 1 aromatic carbocycles. The number of carbonyl (C=O) groups is 2. The highest BCUT2D eigenvalue weighted by Crippen LogP contribution is 2.39. The van der Waals surface area contributed by atoms with E-state index in [4.69, 9.17) is 4.74 Å². The van der Waals surface area contributed by atoms with Gasteiger partial charge in [-0.2, -0.15) is 0 Å². The predicted molar refractivity (Wildman–Crippen MR) is 143 cm³/mol. The molecule has 0 spiro atoms. The lowest BCUT2D eigenvalue weighted by atomic mass is 9.82. The number of H-pyrrole nitrogens is 1. The van der Waals surface area contributed by atoms with Gasteiger partial charge in [0.15, 0.2) is 0 Å². The number of hydrogen-bond donors (Lipinski definition) is 3. The summed E-state index contributed by atoms with van der Waals surface area (Å²) < 4.78 is 21.5. The van der Waals surface area contributed by atoms with Crippen molar-refractivity contribution in [2.75, 3.05) is 6.61 Å². The van der Waals surface area contributed by atoms with Gasteiger partial charge in [0.05, 0.1) is 23.3 Å². The monoisotopic (exact) mass is 521 g/mol. The maximum atomic E-state index is 15.5. The Morgan fingerprint density at radius 1 is 1.13 bits per heavy atom. The number of halogens is 1. The number of fused-ring (bicyclic) bond motifs is 1. The summed E-state index contributed by atoms with van der Waals surface area (Å²) in [6, 6.07) is 3.62. The summed E-state index contributed by atoms with van der Waals surface area (Å²) >= 11 is 0. The third kappa shape index (κ3) is 5.24. The van der Waals surface area contributed by atoms with Gasteiger partial charge < -0.3 is 20.4 Å². The van der Waals surface area contributed by atoms with Gasteiger partial charge in [-0.15, -0.1) is 0 Å². The van der Waals surface area contributed by atoms with Crippen LogP contribution in [0.3, 0.4) is 0 Å². The molecule has 0 radical (unpaired) electrons. The molecule has 2 aromatic heterocycles. The number of amides is 2. The Hall–Kier alpha value is -3.49. The van der Waals surface area contributed by atoms with Crippen molar-refractivity contribution in [3.8, 4) is 17.0 Å². The zero-order chi connectivity index (χ0) is 27.0. The second kappa shape index (κ2) is 10.7. The average molecular weight is 522 g/mol. The number of aromatic nitrogens is 3. The van der Waals surface area contributed by atoms with Crippen LogP contribution in [0.2, 0.25) is 0 Å². The number of aromatic amines is 1. The first-order chi connectivity index (χ1) is 18.3. The fraction of sp³-hybridized carbons (Fsp3) is 0.517. The Bertz CT molecular complexity index is 1370. The third-order valence-electron chi connectivity index (χ3n) is 7.88. The molecule has 3 N–H and O–H groups in total. The molecule has 202 valence electrons. The van der Waals surface area contributed by atoms with E-state index in [2.05, 4.69) is 32.5 Å². The normalized spacial score (nSPS) is 21.3. The molecule has 2 amide bonds. The SMILES string of the molecule is CCC(=O)NC1CCC(NC(=O)c2c(C)[nH]c3c(-c4c(OCC5CC5)ccc(C)c4F)ncnc23)CC1C. The first-order valence-corrected chi connectivity index (χ1v) is 13.6. The van der Waals surface area contributed by atoms with Crippen molar-refractivity contribution in [3.63, 3.8) is 0 Å². The van der Waals surface area contributed by atoms with Crippen LogP contribution < -0.4 is 15.4 Å². The van der Waals surface area contributed by atoms with Gasteiger partial charge in [-0.3, -0.25) is 9.59 Å². The standard InChI is InChI=1S/C29H36FN5O3/c1-5-22(36)35-20-10-9-19(12-16(20)3)34-29(37)23-17(4)33-28-26(23)31-14-32-27(28)24-21(38-13-18-7-8-18)11-6-15(2)25(24)30/h6,11,14,16,18-20,33H,5,7-10,12-13H2,1-4H3,(H,34,37)(H,35,36). The molecule has 3 aromatic rings. The van der Waals surface area contributed by atoms with Gasteiger partial charge in [-0.1, -0.05) is 19.9 Å². The molecule has 0 bridgehead atoms. The fourth-order valence-electron chi connectivity index (χ4n) is 5.39. The Labute approximate surface area is 222 Å². The molecule has 9 heteroatoms. The topological polar surface area (TPSA) is 109 Å². The van der Waals surface area contributed by atoms with Crippen LogP contribution in [-0.4, -0.2) is 45.5 Å². The highest BCUT2D eigenvalue weighted by Gasteiger charge is 2.31. The van der Waals surface area contributed by atoms with Gasteiger partial charge in [0.2, 0.25) is 5.91 Å². The lowest BCUT2D eigenvalue weighted by molar-refractivity contribution is -0.122. The lowest BCUT2D eigenvalue weighted by Crippen LogP contribution is -2.48. The highest BCUT2D eigenvalue weighted by molar-refractivity contribution is 6.09. The van der Waals surface area contributed by atoms with E-state index >= 15 is 4.39 Å². The van der Waals surface area contributed by atoms with E-state index in [1.165, 1.54) is 6.33 Å². The van der Waals surface area contributed by atoms with Gasteiger partial charge in [0.25, 0.3) is 5.91 Å². The van der Waals surface area contributed by atoms with Crippen molar-refractivity contribution in [1.82, 2.24) is 25.6 Å². The van der Waals surface area contributed by atoms with Gasteiger partial charge in [0.1, 0.15) is 29.1 Å². The first-order valence-electron chi connectivity index (χ1n) is 13.6. The van der Waals surface area contributed by atoms with Crippen molar-refractivity contribution in [1.29, 1.82) is 0 Å². The van der Waals surface area contributed by atoms with Gasteiger partial charge in [0, 0.05) is 24.2 Å². The molecule has 2 saturated carbocycles. The molecular weight excluding hydrogens is 485 g/mol. The maximum absolute atomic E-state index is 15.5. The minimum atomic E-state index is -0.391. The number of benzene rings is 1. The molecule has 38 heavy (non-hydrogen) atoms. The molecular formula is C29H36FN5O3. The maximum Gasteiger partial charge on any atom is 0.255 e. The molecule has 5 rings (SSSR count). The second-order valence-corrected chi connectivity index (χ2v) is 10.9. The molecule has 0 aliphatic heterocycles. The van der Waals surface area contributed by atoms with Gasteiger partial charge in [-0.25, -0.2) is 14.4 Å². The van der Waals surface area contributed by atoms with Crippen molar-refractivity contribution in [2.24, 2.45) is 11.8 Å². The molecule has 3 atom stereocenters. The van der Waals surface area contributed by atoms with Gasteiger partial charge >= 0.3 is 0 Å². The molecule has 2 aliphatic rings. The van der Waals surface area contributed by atoms with E-state index in [9.17, 15) is 9.59 Å². The largest absolute Gasteiger partial charge is 0.492 e. The Balaban J connectivity index is 1.41. The van der Waals surface area contributed by atoms with Crippen LogP contribution in [0.5, 0.6) is 5.75 Å². The number of carbonyl (C=O) groups excluding carboxylic acids is 2. The van der Waals surface area contributed by atoms with Crippen molar-refractivity contribution in [3.05, 3.63) is 41.1 Å².